The van der Waals surface area contributed by atoms with E-state index >= 15 is 0 Å². The number of hydrogen-bond donors (Lipinski definition) is 1. The molecule has 2 aromatic carbocycles. The van der Waals surface area contributed by atoms with Crippen LogP contribution in [-0.4, -0.2) is 25.8 Å². The number of benzene rings is 2. The van der Waals surface area contributed by atoms with Crippen molar-refractivity contribution in [3.63, 3.8) is 0 Å². The van der Waals surface area contributed by atoms with E-state index in [1.165, 1.54) is 18.5 Å². The highest BCUT2D eigenvalue weighted by atomic mass is 16.7. The highest BCUT2D eigenvalue weighted by Crippen LogP contribution is 2.32. The summed E-state index contributed by atoms with van der Waals surface area (Å²) in [4.78, 5) is 14.6. The molecule has 25 heavy (non-hydrogen) atoms. The zero-order valence-corrected chi connectivity index (χ0v) is 14.2. The number of fused-ring (bicyclic) bond motifs is 1. The highest BCUT2D eigenvalue weighted by molar-refractivity contribution is 5.91. The molecule has 5 nitrogen and oxygen atoms in total. The molecule has 2 aliphatic heterocycles. The highest BCUT2D eigenvalue weighted by Gasteiger charge is 2.15. The minimum atomic E-state index is 0.0243. The van der Waals surface area contributed by atoms with Crippen LogP contribution >= 0.6 is 0 Å². The van der Waals surface area contributed by atoms with Gasteiger partial charge in [0.05, 0.1) is 0 Å². The van der Waals surface area contributed by atoms with Crippen LogP contribution < -0.4 is 19.7 Å². The van der Waals surface area contributed by atoms with Gasteiger partial charge in [-0.3, -0.25) is 4.79 Å². The maximum atomic E-state index is 12.3. The van der Waals surface area contributed by atoms with Crippen LogP contribution in [0.5, 0.6) is 11.5 Å². The first kappa shape index (κ1) is 15.8. The minimum Gasteiger partial charge on any atom is -0.454 e. The Morgan fingerprint density at radius 3 is 2.76 bits per heavy atom. The third kappa shape index (κ3) is 3.71. The van der Waals surface area contributed by atoms with E-state index < -0.39 is 0 Å². The van der Waals surface area contributed by atoms with E-state index in [1.807, 2.05) is 30.3 Å². The van der Waals surface area contributed by atoms with E-state index in [2.05, 4.69) is 22.3 Å². The second-order valence-corrected chi connectivity index (χ2v) is 6.48. The third-order valence-electron chi connectivity index (χ3n) is 4.68. The van der Waals surface area contributed by atoms with Gasteiger partial charge < -0.3 is 19.7 Å². The number of hydrogen-bond acceptors (Lipinski definition) is 4. The molecule has 4 rings (SSSR count). The molecule has 0 saturated carbocycles. The summed E-state index contributed by atoms with van der Waals surface area (Å²) in [5.74, 6) is 1.55. The van der Waals surface area contributed by atoms with Crippen molar-refractivity contribution in [2.45, 2.75) is 25.7 Å². The molecule has 2 aromatic rings. The van der Waals surface area contributed by atoms with Crippen molar-refractivity contribution in [3.05, 3.63) is 48.0 Å². The molecule has 1 amide bonds. The molecule has 1 N–H and O–H groups in total. The average Bonchev–Trinajstić information content (AvgIpc) is 3.31. The Labute approximate surface area is 147 Å². The van der Waals surface area contributed by atoms with Gasteiger partial charge in [-0.2, -0.15) is 0 Å². The zero-order valence-electron chi connectivity index (χ0n) is 14.2. The van der Waals surface area contributed by atoms with Gasteiger partial charge >= 0.3 is 0 Å². The first-order valence-electron chi connectivity index (χ1n) is 8.81. The minimum absolute atomic E-state index is 0.0243. The lowest BCUT2D eigenvalue weighted by Crippen LogP contribution is -2.18. The van der Waals surface area contributed by atoms with Crippen LogP contribution in [0.3, 0.4) is 0 Å². The smallest absolute Gasteiger partial charge is 0.231 e. The Bertz CT molecular complexity index is 769. The average molecular weight is 338 g/mol. The molecule has 2 heterocycles. The molecular formula is C20H22N2O3. The van der Waals surface area contributed by atoms with Crippen LogP contribution in [0.4, 0.5) is 11.4 Å². The van der Waals surface area contributed by atoms with E-state index in [0.717, 1.165) is 35.8 Å². The molecule has 0 spiro atoms. The predicted molar refractivity (Wildman–Crippen MR) is 97.4 cm³/mol. The molecule has 1 saturated heterocycles. The van der Waals surface area contributed by atoms with Crippen molar-refractivity contribution in [3.8, 4) is 11.5 Å². The van der Waals surface area contributed by atoms with E-state index in [9.17, 15) is 4.79 Å². The molecule has 0 aromatic heterocycles. The lowest BCUT2D eigenvalue weighted by atomic mass is 10.1. The molecule has 0 radical (unpaired) electrons. The molecule has 0 bridgehead atoms. The SMILES string of the molecule is O=C(CCc1ccc2c(c1)OCO2)Nc1cccc(N2CCCC2)c1. The van der Waals surface area contributed by atoms with E-state index in [1.54, 1.807) is 0 Å². The van der Waals surface area contributed by atoms with Gasteiger partial charge in [0.2, 0.25) is 12.7 Å². The van der Waals surface area contributed by atoms with E-state index in [0.29, 0.717) is 12.8 Å². The van der Waals surface area contributed by atoms with Gasteiger partial charge in [0.15, 0.2) is 11.5 Å². The number of rotatable bonds is 5. The lowest BCUT2D eigenvalue weighted by molar-refractivity contribution is -0.116. The van der Waals surface area contributed by atoms with Crippen molar-refractivity contribution in [1.29, 1.82) is 0 Å². The molecular weight excluding hydrogens is 316 g/mol. The summed E-state index contributed by atoms with van der Waals surface area (Å²) in [6.07, 6.45) is 3.60. The van der Waals surface area contributed by atoms with Gasteiger partial charge in [-0.05, 0) is 55.2 Å². The summed E-state index contributed by atoms with van der Waals surface area (Å²) in [5.41, 5.74) is 3.12. The fourth-order valence-electron chi connectivity index (χ4n) is 3.33. The van der Waals surface area contributed by atoms with Gasteiger partial charge in [0.1, 0.15) is 0 Å². The molecule has 1 fully saturated rings. The number of nitrogens with one attached hydrogen (secondary N) is 1. The van der Waals surface area contributed by atoms with Gasteiger partial charge in [0.25, 0.3) is 0 Å². The summed E-state index contributed by atoms with van der Waals surface area (Å²) in [6.45, 7) is 2.47. The largest absolute Gasteiger partial charge is 0.454 e. The molecule has 0 atom stereocenters. The summed E-state index contributed by atoms with van der Waals surface area (Å²) < 4.78 is 10.7. The Balaban J connectivity index is 1.33. The fourth-order valence-corrected chi connectivity index (χ4v) is 3.33. The normalized spacial score (nSPS) is 15.4. The number of carbonyl (C=O) groups is 1. The number of anilines is 2. The summed E-state index contributed by atoms with van der Waals surface area (Å²) in [6, 6.07) is 13.9. The number of carbonyl (C=O) groups excluding carboxylic acids is 1. The predicted octanol–water partition coefficient (Wildman–Crippen LogP) is 3.59. The topological polar surface area (TPSA) is 50.8 Å². The Morgan fingerprint density at radius 2 is 1.88 bits per heavy atom. The van der Waals surface area contributed by atoms with Crippen molar-refractivity contribution < 1.29 is 14.3 Å². The Morgan fingerprint density at radius 1 is 1.04 bits per heavy atom. The quantitative estimate of drug-likeness (QED) is 0.905. The molecule has 5 heteroatoms. The van der Waals surface area contributed by atoms with Crippen LogP contribution in [-0.2, 0) is 11.2 Å². The Hall–Kier alpha value is -2.69. The van der Waals surface area contributed by atoms with Crippen LogP contribution in [0.2, 0.25) is 0 Å². The monoisotopic (exact) mass is 338 g/mol. The maximum Gasteiger partial charge on any atom is 0.231 e. The third-order valence-corrected chi connectivity index (χ3v) is 4.68. The first-order chi connectivity index (χ1) is 12.3. The van der Waals surface area contributed by atoms with Crippen molar-refractivity contribution in [2.75, 3.05) is 30.1 Å². The van der Waals surface area contributed by atoms with Gasteiger partial charge in [-0.25, -0.2) is 0 Å². The van der Waals surface area contributed by atoms with Gasteiger partial charge in [-0.1, -0.05) is 12.1 Å². The summed E-state index contributed by atoms with van der Waals surface area (Å²) >= 11 is 0. The van der Waals surface area contributed by atoms with Crippen LogP contribution in [0.15, 0.2) is 42.5 Å². The maximum absolute atomic E-state index is 12.3. The standard InChI is InChI=1S/C20H22N2O3/c23-20(9-7-15-6-8-18-19(12-15)25-14-24-18)21-16-4-3-5-17(13-16)22-10-1-2-11-22/h3-6,8,12-13H,1-2,7,9-11,14H2,(H,21,23). The van der Waals surface area contributed by atoms with Crippen LogP contribution in [0, 0.1) is 0 Å². The van der Waals surface area contributed by atoms with Gasteiger partial charge in [-0.15, -0.1) is 0 Å². The molecule has 2 aliphatic rings. The van der Waals surface area contributed by atoms with E-state index in [4.69, 9.17) is 9.47 Å². The van der Waals surface area contributed by atoms with Crippen molar-refractivity contribution >= 4 is 17.3 Å². The lowest BCUT2D eigenvalue weighted by Gasteiger charge is -2.18. The van der Waals surface area contributed by atoms with Crippen molar-refractivity contribution in [1.82, 2.24) is 0 Å². The van der Waals surface area contributed by atoms with Crippen LogP contribution in [0.1, 0.15) is 24.8 Å². The fraction of sp³-hybridized carbons (Fsp3) is 0.350. The summed E-state index contributed by atoms with van der Waals surface area (Å²) in [5, 5.41) is 3.01. The van der Waals surface area contributed by atoms with Gasteiger partial charge in [0, 0.05) is 30.9 Å². The summed E-state index contributed by atoms with van der Waals surface area (Å²) in [7, 11) is 0. The molecule has 0 aliphatic carbocycles. The molecule has 0 unspecified atom stereocenters. The number of ether oxygens (including phenoxy) is 2. The van der Waals surface area contributed by atoms with Crippen molar-refractivity contribution in [2.24, 2.45) is 0 Å². The second kappa shape index (κ2) is 7.05. The van der Waals surface area contributed by atoms with Crippen LogP contribution in [0.25, 0.3) is 0 Å². The first-order valence-corrected chi connectivity index (χ1v) is 8.81. The zero-order chi connectivity index (χ0) is 17.1. The van der Waals surface area contributed by atoms with E-state index in [-0.39, 0.29) is 12.7 Å². The second-order valence-electron chi connectivity index (χ2n) is 6.48. The number of amides is 1. The molecule has 130 valence electrons. The Kier molecular flexibility index (Phi) is 4.46. The number of nitrogens with zero attached hydrogens (tertiary/aromatic N) is 1. The number of aryl methyl sites for hydroxylation is 1.